The van der Waals surface area contributed by atoms with Gasteiger partial charge in [0.1, 0.15) is 0 Å². The lowest BCUT2D eigenvalue weighted by atomic mass is 10.1. The van der Waals surface area contributed by atoms with Gasteiger partial charge in [0.15, 0.2) is 8.45 Å². The molecule has 0 aromatic heterocycles. The average molecular weight is 349 g/mol. The largest absolute Gasteiger partial charge is 0.331 e. The number of hydrogen-bond donors (Lipinski definition) is 0. The summed E-state index contributed by atoms with van der Waals surface area (Å²) in [5, 5.41) is 0. The molecule has 1 aromatic rings. The summed E-state index contributed by atoms with van der Waals surface area (Å²) < 4.78 is 10.9. The molecule has 1 aliphatic rings. The number of rotatable bonds is 7. The third-order valence-electron chi connectivity index (χ3n) is 3.61. The topological polar surface area (TPSA) is 15.7 Å². The van der Waals surface area contributed by atoms with Gasteiger partial charge in [-0.05, 0) is 18.9 Å². The van der Waals surface area contributed by atoms with E-state index in [0.29, 0.717) is 17.8 Å². The first-order chi connectivity index (χ1) is 10.3. The lowest BCUT2D eigenvalue weighted by Gasteiger charge is -2.43. The van der Waals surface area contributed by atoms with E-state index in [4.69, 9.17) is 27.7 Å². The van der Waals surface area contributed by atoms with Crippen LogP contribution in [-0.4, -0.2) is 47.3 Å². The Labute approximate surface area is 139 Å². The van der Waals surface area contributed by atoms with E-state index in [9.17, 15) is 0 Å². The first kappa shape index (κ1) is 17.5. The van der Waals surface area contributed by atoms with Crippen molar-refractivity contribution in [2.75, 3.05) is 38.0 Å². The fraction of sp³-hybridized carbons (Fsp3) is 0.600. The quantitative estimate of drug-likeness (QED) is 0.533. The van der Waals surface area contributed by atoms with E-state index in [1.165, 1.54) is 5.56 Å². The minimum Gasteiger partial charge on any atom is -0.331 e. The highest BCUT2D eigenvalue weighted by molar-refractivity contribution is 7.47. The third kappa shape index (κ3) is 4.79. The molecule has 1 unspecified atom stereocenters. The molecule has 3 nitrogen and oxygen atoms in total. The molecule has 0 N–H and O–H groups in total. The first-order valence-corrected chi connectivity index (χ1v) is 9.62. The number of nitrogens with zero attached hydrogens (tertiary/aromatic N) is 2. The Bertz CT molecular complexity index is 404. The van der Waals surface area contributed by atoms with E-state index in [1.807, 2.05) is 0 Å². The second-order valence-electron chi connectivity index (χ2n) is 5.02. The van der Waals surface area contributed by atoms with Gasteiger partial charge in [-0.25, -0.2) is 9.34 Å². The molecule has 0 amide bonds. The summed E-state index contributed by atoms with van der Waals surface area (Å²) in [5.74, 6) is 1.21. The molecular weight excluding hydrogens is 326 g/mol. The van der Waals surface area contributed by atoms with Gasteiger partial charge in [-0.3, -0.25) is 0 Å². The average Bonchev–Trinajstić information content (AvgIpc) is 2.55. The summed E-state index contributed by atoms with van der Waals surface area (Å²) in [6, 6.07) is 10.9. The standard InChI is InChI=1S/C15H23Cl2N2OP/c1-14(15-6-3-2-4-7-15)19-10-5-13-20-21(19)18(11-8-16)12-9-17/h2-4,6-7,14H,5,8-13H2,1H3/t14?,21-/m0/s1. The molecule has 2 rings (SSSR count). The molecule has 1 fully saturated rings. The fourth-order valence-corrected chi connectivity index (χ4v) is 5.36. The third-order valence-corrected chi connectivity index (χ3v) is 6.24. The van der Waals surface area contributed by atoms with E-state index in [1.54, 1.807) is 0 Å². The van der Waals surface area contributed by atoms with Crippen LogP contribution in [0.1, 0.15) is 24.9 Å². The molecule has 1 aromatic carbocycles. The Morgan fingerprint density at radius 1 is 1.24 bits per heavy atom. The Balaban J connectivity index is 2.13. The van der Waals surface area contributed by atoms with Gasteiger partial charge in [0, 0.05) is 37.4 Å². The zero-order chi connectivity index (χ0) is 15.1. The second-order valence-corrected chi connectivity index (χ2v) is 7.62. The zero-order valence-electron chi connectivity index (χ0n) is 12.4. The van der Waals surface area contributed by atoms with Crippen molar-refractivity contribution >= 4 is 31.7 Å². The van der Waals surface area contributed by atoms with Gasteiger partial charge < -0.3 is 4.52 Å². The molecule has 1 heterocycles. The summed E-state index contributed by atoms with van der Waals surface area (Å²) in [6.07, 6.45) is 1.07. The Kier molecular flexibility index (Phi) is 7.73. The highest BCUT2D eigenvalue weighted by Gasteiger charge is 2.33. The summed E-state index contributed by atoms with van der Waals surface area (Å²) in [4.78, 5) is 0. The van der Waals surface area contributed by atoms with Gasteiger partial charge in [0.2, 0.25) is 0 Å². The highest BCUT2D eigenvalue weighted by Crippen LogP contribution is 2.52. The number of halogens is 2. The molecule has 2 atom stereocenters. The van der Waals surface area contributed by atoms with Crippen molar-refractivity contribution in [1.82, 2.24) is 9.34 Å². The molecular formula is C15H23Cl2N2OP. The smallest absolute Gasteiger partial charge is 0.188 e. The van der Waals surface area contributed by atoms with Crippen molar-refractivity contribution in [1.29, 1.82) is 0 Å². The molecule has 21 heavy (non-hydrogen) atoms. The molecule has 6 heteroatoms. The Hall–Kier alpha value is 0.110. The van der Waals surface area contributed by atoms with Crippen molar-refractivity contribution in [3.05, 3.63) is 35.9 Å². The van der Waals surface area contributed by atoms with Gasteiger partial charge in [0.05, 0.1) is 6.61 Å². The van der Waals surface area contributed by atoms with E-state index in [0.717, 1.165) is 32.7 Å². The zero-order valence-corrected chi connectivity index (χ0v) is 14.8. The molecule has 0 bridgehead atoms. The maximum Gasteiger partial charge on any atom is 0.188 e. The molecule has 1 saturated heterocycles. The van der Waals surface area contributed by atoms with Gasteiger partial charge in [-0.2, -0.15) is 0 Å². The van der Waals surface area contributed by atoms with Gasteiger partial charge in [-0.15, -0.1) is 23.2 Å². The Morgan fingerprint density at radius 3 is 2.52 bits per heavy atom. The molecule has 0 spiro atoms. The van der Waals surface area contributed by atoms with Crippen molar-refractivity contribution in [3.63, 3.8) is 0 Å². The van der Waals surface area contributed by atoms with Crippen LogP contribution in [0.15, 0.2) is 30.3 Å². The van der Waals surface area contributed by atoms with Crippen LogP contribution in [0.5, 0.6) is 0 Å². The molecule has 1 aliphatic heterocycles. The van der Waals surface area contributed by atoms with Crippen LogP contribution >= 0.6 is 31.7 Å². The van der Waals surface area contributed by atoms with E-state index in [-0.39, 0.29) is 0 Å². The fourth-order valence-electron chi connectivity index (χ4n) is 2.50. The van der Waals surface area contributed by atoms with Crippen LogP contribution in [0.4, 0.5) is 0 Å². The SMILES string of the molecule is CC(c1ccccc1)N1CCCO[P@@]1N(CCCl)CCCl. The normalized spacial score (nSPS) is 21.6. The number of hydrogen-bond acceptors (Lipinski definition) is 3. The Morgan fingerprint density at radius 2 is 1.90 bits per heavy atom. The summed E-state index contributed by atoms with van der Waals surface area (Å²) >= 11 is 11.9. The van der Waals surface area contributed by atoms with Gasteiger partial charge in [-0.1, -0.05) is 30.3 Å². The van der Waals surface area contributed by atoms with Crippen LogP contribution in [-0.2, 0) is 4.52 Å². The number of alkyl halides is 2. The van der Waals surface area contributed by atoms with Crippen LogP contribution in [0.3, 0.4) is 0 Å². The van der Waals surface area contributed by atoms with Gasteiger partial charge >= 0.3 is 0 Å². The van der Waals surface area contributed by atoms with Crippen molar-refractivity contribution in [2.45, 2.75) is 19.4 Å². The van der Waals surface area contributed by atoms with Crippen LogP contribution in [0.25, 0.3) is 0 Å². The maximum absolute atomic E-state index is 6.10. The molecule has 118 valence electrons. The molecule has 0 saturated carbocycles. The summed E-state index contributed by atoms with van der Waals surface area (Å²) in [5.41, 5.74) is 1.33. The van der Waals surface area contributed by atoms with Crippen molar-refractivity contribution < 1.29 is 4.52 Å². The lowest BCUT2D eigenvalue weighted by molar-refractivity contribution is 0.186. The highest BCUT2D eigenvalue weighted by atomic mass is 35.5. The van der Waals surface area contributed by atoms with Gasteiger partial charge in [0.25, 0.3) is 0 Å². The minimum atomic E-state index is -0.776. The predicted octanol–water partition coefficient (Wildman–Crippen LogP) is 4.48. The summed E-state index contributed by atoms with van der Waals surface area (Å²) in [7, 11) is -0.776. The first-order valence-electron chi connectivity index (χ1n) is 7.39. The van der Waals surface area contributed by atoms with Crippen molar-refractivity contribution in [3.8, 4) is 0 Å². The summed E-state index contributed by atoms with van der Waals surface area (Å²) in [6.45, 7) is 5.77. The van der Waals surface area contributed by atoms with E-state index in [2.05, 4.69) is 46.6 Å². The predicted molar refractivity (Wildman–Crippen MR) is 92.1 cm³/mol. The van der Waals surface area contributed by atoms with E-state index < -0.39 is 8.45 Å². The van der Waals surface area contributed by atoms with Crippen LogP contribution < -0.4 is 0 Å². The van der Waals surface area contributed by atoms with E-state index >= 15 is 0 Å². The lowest BCUT2D eigenvalue weighted by Crippen LogP contribution is -2.37. The number of benzene rings is 1. The monoisotopic (exact) mass is 348 g/mol. The minimum absolute atomic E-state index is 0.339. The maximum atomic E-state index is 6.10. The molecule has 0 radical (unpaired) electrons. The van der Waals surface area contributed by atoms with Crippen LogP contribution in [0, 0.1) is 0 Å². The van der Waals surface area contributed by atoms with Crippen LogP contribution in [0.2, 0.25) is 0 Å². The second kappa shape index (κ2) is 9.29. The molecule has 0 aliphatic carbocycles. The van der Waals surface area contributed by atoms with Crippen molar-refractivity contribution in [2.24, 2.45) is 0 Å².